The second kappa shape index (κ2) is 10.1. The molecule has 0 bridgehead atoms. The van der Waals surface area contributed by atoms with Gasteiger partial charge >= 0.3 is 6.09 Å². The lowest BCUT2D eigenvalue weighted by molar-refractivity contribution is 0.0279. The molecule has 0 saturated carbocycles. The molecule has 1 unspecified atom stereocenters. The number of amides is 1. The summed E-state index contributed by atoms with van der Waals surface area (Å²) >= 11 is 0. The number of nitrogens with one attached hydrogen (secondary N) is 2. The Bertz CT molecular complexity index is 375. The van der Waals surface area contributed by atoms with Gasteiger partial charge in [0, 0.05) is 33.2 Å². The van der Waals surface area contributed by atoms with E-state index < -0.39 is 5.60 Å². The van der Waals surface area contributed by atoms with Gasteiger partial charge in [0.05, 0.1) is 0 Å². The van der Waals surface area contributed by atoms with Gasteiger partial charge in [-0.3, -0.25) is 4.99 Å². The van der Waals surface area contributed by atoms with E-state index >= 15 is 0 Å². The van der Waals surface area contributed by atoms with Crippen LogP contribution in [0, 0.1) is 5.92 Å². The zero-order chi connectivity index (χ0) is 17.2. The lowest BCUT2D eigenvalue weighted by Crippen LogP contribution is -2.39. The van der Waals surface area contributed by atoms with Crippen LogP contribution in [-0.4, -0.2) is 55.8 Å². The third-order valence-corrected chi connectivity index (χ3v) is 2.61. The van der Waals surface area contributed by atoms with Gasteiger partial charge in [0.2, 0.25) is 0 Å². The van der Waals surface area contributed by atoms with E-state index in [0.717, 1.165) is 12.5 Å². The minimum Gasteiger partial charge on any atom is -0.444 e. The molecule has 0 heterocycles. The summed E-state index contributed by atoms with van der Waals surface area (Å²) < 4.78 is 5.33. The predicted octanol–water partition coefficient (Wildman–Crippen LogP) is 2.23. The quantitative estimate of drug-likeness (QED) is 0.430. The number of carbonyl (C=O) groups is 1. The molecular weight excluding hydrogens is 280 g/mol. The first-order valence-corrected chi connectivity index (χ1v) is 7.76. The van der Waals surface area contributed by atoms with Gasteiger partial charge in [0.15, 0.2) is 5.96 Å². The highest BCUT2D eigenvalue weighted by molar-refractivity contribution is 5.79. The molecule has 0 aromatic heterocycles. The summed E-state index contributed by atoms with van der Waals surface area (Å²) in [7, 11) is 1.75. The molecule has 0 radical (unpaired) electrons. The van der Waals surface area contributed by atoms with Crippen LogP contribution < -0.4 is 10.6 Å². The van der Waals surface area contributed by atoms with Crippen molar-refractivity contribution in [3.8, 4) is 0 Å². The van der Waals surface area contributed by atoms with Crippen LogP contribution in [0.2, 0.25) is 0 Å². The van der Waals surface area contributed by atoms with E-state index in [9.17, 15) is 4.79 Å². The molecule has 1 atom stereocenters. The predicted molar refractivity (Wildman–Crippen MR) is 92.2 cm³/mol. The first-order valence-electron chi connectivity index (χ1n) is 7.76. The topological polar surface area (TPSA) is 66.0 Å². The number of hydrogen-bond acceptors (Lipinski definition) is 3. The first kappa shape index (κ1) is 20.3. The first-order chi connectivity index (χ1) is 10.2. The molecule has 0 aliphatic heterocycles. The van der Waals surface area contributed by atoms with Crippen molar-refractivity contribution in [3.63, 3.8) is 0 Å². The van der Waals surface area contributed by atoms with Gasteiger partial charge in [-0.05, 0) is 33.6 Å². The highest BCUT2D eigenvalue weighted by atomic mass is 16.6. The Labute approximate surface area is 135 Å². The molecule has 0 aliphatic rings. The van der Waals surface area contributed by atoms with Gasteiger partial charge in [-0.25, -0.2) is 4.79 Å². The molecule has 6 nitrogen and oxygen atoms in total. The molecule has 22 heavy (non-hydrogen) atoms. The zero-order valence-electron chi connectivity index (χ0n) is 14.9. The van der Waals surface area contributed by atoms with Crippen molar-refractivity contribution in [2.75, 3.05) is 33.2 Å². The minimum absolute atomic E-state index is 0.233. The van der Waals surface area contributed by atoms with Crippen LogP contribution in [0.3, 0.4) is 0 Å². The number of carbonyl (C=O) groups excluding carboxylic acids is 1. The lowest BCUT2D eigenvalue weighted by atomic mass is 10.2. The summed E-state index contributed by atoms with van der Waals surface area (Å²) in [5, 5.41) is 6.31. The maximum absolute atomic E-state index is 11.9. The third-order valence-electron chi connectivity index (χ3n) is 2.61. The van der Waals surface area contributed by atoms with E-state index in [-0.39, 0.29) is 12.0 Å². The van der Waals surface area contributed by atoms with Crippen molar-refractivity contribution >= 4 is 12.1 Å². The summed E-state index contributed by atoms with van der Waals surface area (Å²) in [5.74, 6) is 0.992. The summed E-state index contributed by atoms with van der Waals surface area (Å²) in [6.07, 6.45) is 1.48. The zero-order valence-corrected chi connectivity index (χ0v) is 14.9. The van der Waals surface area contributed by atoms with Crippen LogP contribution in [-0.2, 0) is 4.74 Å². The average Bonchev–Trinajstić information content (AvgIpc) is 2.40. The number of nitrogens with zero attached hydrogens (tertiary/aromatic N) is 2. The Kier molecular flexibility index (Phi) is 9.29. The molecule has 128 valence electrons. The van der Waals surface area contributed by atoms with Gasteiger partial charge in [-0.1, -0.05) is 13.0 Å². The van der Waals surface area contributed by atoms with Crippen LogP contribution in [0.4, 0.5) is 4.79 Å². The van der Waals surface area contributed by atoms with Gasteiger partial charge in [0.25, 0.3) is 0 Å². The molecule has 1 amide bonds. The van der Waals surface area contributed by atoms with Crippen molar-refractivity contribution in [1.29, 1.82) is 0 Å². The molecule has 2 N–H and O–H groups in total. The Morgan fingerprint density at radius 2 is 2.05 bits per heavy atom. The van der Waals surface area contributed by atoms with Gasteiger partial charge in [0.1, 0.15) is 5.60 Å². The van der Waals surface area contributed by atoms with Crippen LogP contribution >= 0.6 is 0 Å². The summed E-state index contributed by atoms with van der Waals surface area (Å²) in [5.41, 5.74) is -0.473. The Balaban J connectivity index is 4.37. The van der Waals surface area contributed by atoms with Crippen LogP contribution in [0.1, 0.15) is 34.6 Å². The fourth-order valence-electron chi connectivity index (χ4n) is 1.70. The number of aliphatic imine (C=N–C) groups is 1. The Morgan fingerprint density at radius 1 is 1.41 bits per heavy atom. The van der Waals surface area contributed by atoms with E-state index in [4.69, 9.17) is 4.74 Å². The van der Waals surface area contributed by atoms with Crippen molar-refractivity contribution in [2.24, 2.45) is 10.9 Å². The van der Waals surface area contributed by atoms with Crippen LogP contribution in [0.15, 0.2) is 17.6 Å². The maximum atomic E-state index is 11.9. The second-order valence-electron chi connectivity index (χ2n) is 6.36. The largest absolute Gasteiger partial charge is 0.444 e. The molecular formula is C16H32N4O2. The monoisotopic (exact) mass is 312 g/mol. The van der Waals surface area contributed by atoms with E-state index in [1.165, 1.54) is 0 Å². The third kappa shape index (κ3) is 10.1. The normalized spacial score (nSPS) is 13.3. The summed E-state index contributed by atoms with van der Waals surface area (Å²) in [6, 6.07) is 0. The molecule has 6 heteroatoms. The molecule has 0 spiro atoms. The molecule has 0 rings (SSSR count). The minimum atomic E-state index is -0.473. The van der Waals surface area contributed by atoms with Crippen molar-refractivity contribution in [3.05, 3.63) is 12.7 Å². The maximum Gasteiger partial charge on any atom is 0.410 e. The Morgan fingerprint density at radius 3 is 2.55 bits per heavy atom. The highest BCUT2D eigenvalue weighted by Gasteiger charge is 2.20. The van der Waals surface area contributed by atoms with Gasteiger partial charge < -0.3 is 20.3 Å². The van der Waals surface area contributed by atoms with E-state index in [2.05, 4.69) is 29.1 Å². The average molecular weight is 312 g/mol. The van der Waals surface area contributed by atoms with Gasteiger partial charge in [-0.15, -0.1) is 6.58 Å². The van der Waals surface area contributed by atoms with Crippen LogP contribution in [0.25, 0.3) is 0 Å². The van der Waals surface area contributed by atoms with Crippen molar-refractivity contribution in [2.45, 2.75) is 40.2 Å². The molecule has 0 fully saturated rings. The number of rotatable bonds is 7. The SMILES string of the molecule is C=CCNC(=NCC(C)CN(C)C(=O)OC(C)(C)C)NCC. The summed E-state index contributed by atoms with van der Waals surface area (Å²) in [6.45, 7) is 16.0. The summed E-state index contributed by atoms with van der Waals surface area (Å²) in [4.78, 5) is 18.0. The smallest absolute Gasteiger partial charge is 0.410 e. The molecule has 0 aromatic carbocycles. The molecule has 0 saturated heterocycles. The van der Waals surface area contributed by atoms with E-state index in [0.29, 0.717) is 19.6 Å². The fourth-order valence-corrected chi connectivity index (χ4v) is 1.70. The number of hydrogen-bond donors (Lipinski definition) is 2. The highest BCUT2D eigenvalue weighted by Crippen LogP contribution is 2.10. The second-order valence-corrected chi connectivity index (χ2v) is 6.36. The number of guanidine groups is 1. The van der Waals surface area contributed by atoms with Crippen molar-refractivity contribution < 1.29 is 9.53 Å². The van der Waals surface area contributed by atoms with E-state index in [1.54, 1.807) is 18.0 Å². The Hall–Kier alpha value is -1.72. The van der Waals surface area contributed by atoms with Gasteiger partial charge in [-0.2, -0.15) is 0 Å². The van der Waals surface area contributed by atoms with E-state index in [1.807, 2.05) is 27.7 Å². The van der Waals surface area contributed by atoms with Crippen molar-refractivity contribution in [1.82, 2.24) is 15.5 Å². The molecule has 0 aromatic rings. The standard InChI is InChI=1S/C16H32N4O2/c1-8-10-18-14(17-9-2)19-11-13(3)12-20(7)15(21)22-16(4,5)6/h8,13H,1,9-12H2,2-7H3,(H2,17,18,19). The molecule has 0 aliphatic carbocycles. The fraction of sp³-hybridized carbons (Fsp3) is 0.750. The number of ether oxygens (including phenoxy) is 1. The lowest BCUT2D eigenvalue weighted by Gasteiger charge is -2.26. The van der Waals surface area contributed by atoms with Crippen LogP contribution in [0.5, 0.6) is 0 Å².